The van der Waals surface area contributed by atoms with Gasteiger partial charge in [0.2, 0.25) is 5.78 Å². The number of carbonyl (C=O) groups is 3. The number of quaternary nitrogens is 1. The molecule has 6 aliphatic rings. The first-order chi connectivity index (χ1) is 36.9. The molecule has 16 nitrogen and oxygen atoms in total. The van der Waals surface area contributed by atoms with Crippen molar-refractivity contribution < 1.29 is 84.0 Å². The van der Waals surface area contributed by atoms with Crippen LogP contribution in [0.15, 0.2) is 72.3 Å². The van der Waals surface area contributed by atoms with E-state index in [0.29, 0.717) is 43.6 Å². The van der Waals surface area contributed by atoms with Gasteiger partial charge >= 0.3 is 13.8 Å². The van der Waals surface area contributed by atoms with Crippen molar-refractivity contribution in [3.63, 3.8) is 0 Å². The van der Waals surface area contributed by atoms with Gasteiger partial charge in [-0.25, -0.2) is 13.9 Å². The number of ether oxygens (including phenoxy) is 5. The third-order valence-electron chi connectivity index (χ3n) is 18.9. The number of likely N-dealkylation sites (N-methyl/N-ethyl adjacent to an activating group) is 1. The molecule has 1 saturated heterocycles. The Hall–Kier alpha value is -3.35. The number of aliphatic hydroxyl groups is 2. The van der Waals surface area contributed by atoms with Crippen LogP contribution in [0.4, 0.5) is 0 Å². The third kappa shape index (κ3) is 14.3. The molecule has 434 valence electrons. The smallest absolute Gasteiger partial charge is 0.472 e. The van der Waals surface area contributed by atoms with Gasteiger partial charge in [-0.05, 0) is 138 Å². The zero-order valence-corrected chi connectivity index (χ0v) is 48.1. The van der Waals surface area contributed by atoms with E-state index in [0.717, 1.165) is 115 Å². The van der Waals surface area contributed by atoms with Gasteiger partial charge in [0.25, 0.3) is 0 Å². The molecule has 0 amide bonds. The van der Waals surface area contributed by atoms with E-state index in [1.165, 1.54) is 5.56 Å². The molecule has 0 spiro atoms. The molecule has 5 aliphatic carbocycles. The Morgan fingerprint density at radius 1 is 0.949 bits per heavy atom. The van der Waals surface area contributed by atoms with Gasteiger partial charge in [-0.3, -0.25) is 9.59 Å². The molecule has 0 bridgehead atoms. The summed E-state index contributed by atoms with van der Waals surface area (Å²) in [6, 6.07) is 15.6. The van der Waals surface area contributed by atoms with E-state index in [2.05, 4.69) is 48.0 Å². The number of halogens is 1. The summed E-state index contributed by atoms with van der Waals surface area (Å²) in [5, 5.41) is 27.1. The Morgan fingerprint density at radius 2 is 1.68 bits per heavy atom. The van der Waals surface area contributed by atoms with Crippen LogP contribution in [-0.4, -0.2) is 125 Å². The standard InChI is InChI=1S/C60H87N2O14P.ClH/c1-5-62(6-2,38-45-33-44(24-27-52(45)73-41-74-77(68,69)70)51(65)37-61-30-16-7-8-17-31-71-32-18-15-21-42-19-11-9-12-20-42)39-55(67)72-40-53(66)60-54(75-57(76-60)43-22-13-10-14-23-43)35-49-48-26-25-46-34-47(63)28-29-58(46,3)56(48)50(64)36-59(49,60)4;/h9,11-12,19-20,24,27-29,33-34,43,48-51,54,56-57,61,64-65H,5-8,10,13-18,21-23,25-26,30-32,35-41H2,1-4H3,(H-,68,69,70);1H/t48-,49-,50-,51?,54+,56+,57+,58-,59-,60+;/m0./s1. The van der Waals surface area contributed by atoms with E-state index < -0.39 is 68.2 Å². The zero-order chi connectivity index (χ0) is 54.9. The number of nitrogens with one attached hydrogen (secondary N) is 1. The average Bonchev–Trinajstić information content (AvgIpc) is 2.67. The van der Waals surface area contributed by atoms with E-state index in [1.807, 2.05) is 26.0 Å². The van der Waals surface area contributed by atoms with Gasteiger partial charge < -0.3 is 65.9 Å². The maximum atomic E-state index is 15.2. The SMILES string of the molecule is CC[N+](CC)(CC(=O)OCC(=O)[C@@]12O[C@H](C3CCCCC3)O[C@@H]1C[C@H]1[C@@H]3CCC4=CC(=O)C=C[C@]4(C)[C@H]3[C@@H](O)C[C@@]12C)Cc1cc(C(O)CNCCCCCCOCCCCc2ccccc2)ccc1OCOP(=O)(O)O.[Cl-]. The lowest BCUT2D eigenvalue weighted by atomic mass is 9.46. The van der Waals surface area contributed by atoms with Crippen molar-refractivity contribution in [3.05, 3.63) is 89.0 Å². The first kappa shape index (κ1) is 62.3. The van der Waals surface area contributed by atoms with Crippen molar-refractivity contribution in [2.45, 2.75) is 167 Å². The fourth-order valence-electron chi connectivity index (χ4n) is 14.5. The number of ketones is 2. The Morgan fingerprint density at radius 3 is 2.41 bits per heavy atom. The van der Waals surface area contributed by atoms with Crippen LogP contribution >= 0.6 is 7.82 Å². The summed E-state index contributed by atoms with van der Waals surface area (Å²) in [7, 11) is -4.85. The highest BCUT2D eigenvalue weighted by Crippen LogP contribution is 2.70. The highest BCUT2D eigenvalue weighted by atomic mass is 35.5. The van der Waals surface area contributed by atoms with Gasteiger partial charge in [0, 0.05) is 48.0 Å². The molecule has 0 radical (unpaired) electrons. The van der Waals surface area contributed by atoms with Crippen LogP contribution in [0.1, 0.15) is 147 Å². The molecule has 1 heterocycles. The van der Waals surface area contributed by atoms with Crippen LogP contribution in [0, 0.1) is 34.5 Å². The van der Waals surface area contributed by atoms with Crippen LogP contribution in [0.2, 0.25) is 0 Å². The van der Waals surface area contributed by atoms with E-state index >= 15 is 4.79 Å². The number of phosphoric acid groups is 1. The van der Waals surface area contributed by atoms with Crippen molar-refractivity contribution in [3.8, 4) is 5.75 Å². The van der Waals surface area contributed by atoms with E-state index in [4.69, 9.17) is 23.7 Å². The average molecular weight is 1130 g/mol. The van der Waals surface area contributed by atoms with Gasteiger partial charge in [-0.15, -0.1) is 0 Å². The molecule has 8 rings (SSSR count). The monoisotopic (exact) mass is 1130 g/mol. The summed E-state index contributed by atoms with van der Waals surface area (Å²) in [4.78, 5) is 60.8. The predicted molar refractivity (Wildman–Crippen MR) is 290 cm³/mol. The highest BCUT2D eigenvalue weighted by molar-refractivity contribution is 7.46. The number of Topliss-reactive ketones (excluding diaryl/α,β-unsaturated/α-hetero) is 1. The molecule has 0 aromatic heterocycles. The summed E-state index contributed by atoms with van der Waals surface area (Å²) in [5.41, 5.74) is 0.836. The van der Waals surface area contributed by atoms with Gasteiger partial charge in [0.15, 0.2) is 37.6 Å². The molecule has 18 heteroatoms. The number of nitrogens with zero attached hydrogens (tertiary/aromatic N) is 1. The fourth-order valence-corrected chi connectivity index (χ4v) is 14.7. The number of rotatable bonds is 29. The second kappa shape index (κ2) is 27.6. The first-order valence-corrected chi connectivity index (χ1v) is 30.4. The topological polar surface area (TPSA) is 217 Å². The van der Waals surface area contributed by atoms with Crippen LogP contribution in [0.3, 0.4) is 0 Å². The molecule has 5 fully saturated rings. The summed E-state index contributed by atoms with van der Waals surface area (Å²) in [6.07, 6.45) is 17.3. The van der Waals surface area contributed by atoms with Crippen LogP contribution in [0.25, 0.3) is 0 Å². The first-order valence-electron chi connectivity index (χ1n) is 28.9. The number of hydrogen-bond donors (Lipinski definition) is 5. The minimum Gasteiger partial charge on any atom is -1.00 e. The lowest BCUT2D eigenvalue weighted by Crippen LogP contribution is -3.00. The molecular weight excluding hydrogens is 1040 g/mol. The van der Waals surface area contributed by atoms with Crippen LogP contribution in [0.5, 0.6) is 5.75 Å². The summed E-state index contributed by atoms with van der Waals surface area (Å²) in [5.74, 6) is -0.702. The number of esters is 1. The number of aliphatic hydroxyl groups excluding tert-OH is 2. The van der Waals surface area contributed by atoms with E-state index in [-0.39, 0.29) is 71.0 Å². The Bertz CT molecular complexity index is 2430. The molecule has 2 aromatic rings. The maximum absolute atomic E-state index is 15.2. The molecule has 1 aliphatic heterocycles. The molecule has 1 unspecified atom stereocenters. The molecule has 5 N–H and O–H groups in total. The number of allylic oxidation sites excluding steroid dienone is 4. The van der Waals surface area contributed by atoms with E-state index in [1.54, 1.807) is 30.4 Å². The van der Waals surface area contributed by atoms with Crippen molar-refractivity contribution in [2.75, 3.05) is 59.3 Å². The lowest BCUT2D eigenvalue weighted by Gasteiger charge is -2.59. The summed E-state index contributed by atoms with van der Waals surface area (Å²) < 4.78 is 48.0. The van der Waals surface area contributed by atoms with Crippen LogP contribution < -0.4 is 22.5 Å². The third-order valence-corrected chi connectivity index (χ3v) is 19.3. The lowest BCUT2D eigenvalue weighted by molar-refractivity contribution is -0.931. The predicted octanol–water partition coefficient (Wildman–Crippen LogP) is 5.78. The van der Waals surface area contributed by atoms with Crippen molar-refractivity contribution in [2.24, 2.45) is 34.5 Å². The zero-order valence-electron chi connectivity index (χ0n) is 46.5. The fraction of sp³-hybridized carbons (Fsp3) is 0.683. The second-order valence-electron chi connectivity index (χ2n) is 23.5. The number of phosphoric ester groups is 1. The minimum atomic E-state index is -4.85. The summed E-state index contributed by atoms with van der Waals surface area (Å²) >= 11 is 0. The minimum absolute atomic E-state index is 0. The van der Waals surface area contributed by atoms with Gasteiger partial charge in [0.1, 0.15) is 12.3 Å². The molecule has 2 aromatic carbocycles. The number of hydrogen-bond acceptors (Lipinski definition) is 13. The Labute approximate surface area is 468 Å². The van der Waals surface area contributed by atoms with E-state index in [9.17, 15) is 34.2 Å². The van der Waals surface area contributed by atoms with Crippen molar-refractivity contribution >= 4 is 25.4 Å². The molecule has 4 saturated carbocycles. The molecule has 78 heavy (non-hydrogen) atoms. The Kier molecular flexibility index (Phi) is 22.0. The van der Waals surface area contributed by atoms with Crippen molar-refractivity contribution in [1.82, 2.24) is 5.32 Å². The second-order valence-corrected chi connectivity index (χ2v) is 24.7. The number of carbonyl (C=O) groups excluding carboxylic acids is 3. The van der Waals surface area contributed by atoms with Gasteiger partial charge in [-0.1, -0.05) is 94.0 Å². The normalized spacial score (nSPS) is 29.1. The molecule has 10 atom stereocenters. The van der Waals surface area contributed by atoms with Crippen molar-refractivity contribution in [1.29, 1.82) is 0 Å². The largest absolute Gasteiger partial charge is 1.00 e. The number of aryl methyl sites for hydroxylation is 1. The van der Waals surface area contributed by atoms with Gasteiger partial charge in [0.05, 0.1) is 31.4 Å². The van der Waals surface area contributed by atoms with Gasteiger partial charge in [-0.2, -0.15) is 0 Å². The Balaban J connectivity index is 0.00000882. The number of benzene rings is 2. The molecular formula is C60H88ClN2O14P. The van der Waals surface area contributed by atoms with Crippen LogP contribution in [-0.2, 0) is 55.4 Å². The maximum Gasteiger partial charge on any atom is 0.472 e. The number of fused-ring (bicyclic) bond motifs is 7. The quantitative estimate of drug-likeness (QED) is 0.0215. The number of unbranched alkanes of at least 4 members (excludes halogenated alkanes) is 4. The summed E-state index contributed by atoms with van der Waals surface area (Å²) in [6.45, 7) is 10.5. The highest BCUT2D eigenvalue weighted by Gasteiger charge is 2.76.